The molecule has 0 bridgehead atoms. The van der Waals surface area contributed by atoms with Crippen molar-refractivity contribution in [1.29, 1.82) is 0 Å². The molecule has 0 radical (unpaired) electrons. The van der Waals surface area contributed by atoms with Gasteiger partial charge in [-0.05, 0) is 23.8 Å². The molecule has 0 aromatic heterocycles. The maximum atomic E-state index is 13.3. The van der Waals surface area contributed by atoms with E-state index in [1.165, 1.54) is 6.07 Å². The minimum absolute atomic E-state index is 0.236. The Balaban J connectivity index is 1.88. The van der Waals surface area contributed by atoms with E-state index >= 15 is 0 Å². The summed E-state index contributed by atoms with van der Waals surface area (Å²) >= 11 is 0. The van der Waals surface area contributed by atoms with Crippen LogP contribution in [0.2, 0.25) is 0 Å². The van der Waals surface area contributed by atoms with E-state index in [9.17, 15) is 4.39 Å². The summed E-state index contributed by atoms with van der Waals surface area (Å²) in [6.45, 7) is 0.520. The molecule has 0 unspecified atom stereocenters. The standard InChI is InChI=1S/C14H15BFNO/c15-13-6-5-12(9-14(13)16)18-8-7-10-1-3-11(17)4-2-10/h1-6,9H,7-8,15,17H2. The third-order valence-electron chi connectivity index (χ3n) is 2.78. The van der Waals surface area contributed by atoms with Crippen LogP contribution in [0, 0.1) is 5.82 Å². The Hall–Kier alpha value is -1.97. The van der Waals surface area contributed by atoms with Crippen molar-refractivity contribution in [1.82, 2.24) is 0 Å². The molecule has 92 valence electrons. The molecule has 0 atom stereocenters. The van der Waals surface area contributed by atoms with Crippen molar-refractivity contribution in [3.05, 3.63) is 53.8 Å². The Kier molecular flexibility index (Phi) is 3.87. The predicted molar refractivity (Wildman–Crippen MR) is 74.6 cm³/mol. The van der Waals surface area contributed by atoms with Crippen LogP contribution in [0.15, 0.2) is 42.5 Å². The van der Waals surface area contributed by atoms with Gasteiger partial charge < -0.3 is 10.5 Å². The molecule has 0 heterocycles. The van der Waals surface area contributed by atoms with Crippen molar-refractivity contribution >= 4 is 19.0 Å². The van der Waals surface area contributed by atoms with Crippen LogP contribution in [-0.4, -0.2) is 14.5 Å². The molecule has 18 heavy (non-hydrogen) atoms. The van der Waals surface area contributed by atoms with E-state index in [1.807, 2.05) is 24.3 Å². The largest absolute Gasteiger partial charge is 0.493 e. The number of hydrogen-bond donors (Lipinski definition) is 1. The number of anilines is 1. The van der Waals surface area contributed by atoms with E-state index in [2.05, 4.69) is 0 Å². The van der Waals surface area contributed by atoms with E-state index in [-0.39, 0.29) is 5.82 Å². The summed E-state index contributed by atoms with van der Waals surface area (Å²) in [6, 6.07) is 12.6. The summed E-state index contributed by atoms with van der Waals surface area (Å²) in [4.78, 5) is 0. The molecule has 0 saturated heterocycles. The molecule has 0 fully saturated rings. The van der Waals surface area contributed by atoms with Crippen LogP contribution in [0.25, 0.3) is 0 Å². The molecule has 0 spiro atoms. The lowest BCUT2D eigenvalue weighted by Gasteiger charge is -2.07. The second-order valence-electron chi connectivity index (χ2n) is 4.25. The molecular formula is C14H15BFNO. The van der Waals surface area contributed by atoms with Gasteiger partial charge in [0.2, 0.25) is 0 Å². The normalized spacial score (nSPS) is 10.3. The van der Waals surface area contributed by atoms with Crippen LogP contribution in [0.4, 0.5) is 10.1 Å². The highest BCUT2D eigenvalue weighted by Crippen LogP contribution is 2.11. The highest BCUT2D eigenvalue weighted by Gasteiger charge is 2.00. The van der Waals surface area contributed by atoms with Crippen LogP contribution < -0.4 is 15.9 Å². The van der Waals surface area contributed by atoms with Gasteiger partial charge in [-0.1, -0.05) is 23.7 Å². The molecule has 0 amide bonds. The van der Waals surface area contributed by atoms with Crippen molar-refractivity contribution in [2.75, 3.05) is 12.3 Å². The Morgan fingerprint density at radius 2 is 1.83 bits per heavy atom. The minimum atomic E-state index is -0.236. The van der Waals surface area contributed by atoms with Gasteiger partial charge in [0.1, 0.15) is 19.4 Å². The summed E-state index contributed by atoms with van der Waals surface area (Å²) in [5.41, 5.74) is 8.13. The minimum Gasteiger partial charge on any atom is -0.493 e. The number of ether oxygens (including phenoxy) is 1. The van der Waals surface area contributed by atoms with Gasteiger partial charge in [0.25, 0.3) is 0 Å². The van der Waals surface area contributed by atoms with E-state index in [4.69, 9.17) is 10.5 Å². The molecule has 2 aromatic rings. The average Bonchev–Trinajstić information content (AvgIpc) is 2.36. The van der Waals surface area contributed by atoms with Crippen molar-refractivity contribution in [2.24, 2.45) is 0 Å². The summed E-state index contributed by atoms with van der Waals surface area (Å²) < 4.78 is 18.8. The molecule has 0 aliphatic rings. The molecule has 0 saturated carbocycles. The summed E-state index contributed by atoms with van der Waals surface area (Å²) in [7, 11) is 1.73. The molecule has 4 heteroatoms. The van der Waals surface area contributed by atoms with E-state index < -0.39 is 0 Å². The summed E-state index contributed by atoms with van der Waals surface area (Å²) in [5.74, 6) is 0.327. The first-order valence-corrected chi connectivity index (χ1v) is 5.88. The van der Waals surface area contributed by atoms with Gasteiger partial charge in [-0.15, -0.1) is 0 Å². The lowest BCUT2D eigenvalue weighted by atomic mass is 9.96. The first-order valence-electron chi connectivity index (χ1n) is 5.88. The Bertz CT molecular complexity index is 528. The molecule has 2 nitrogen and oxygen atoms in total. The van der Waals surface area contributed by atoms with E-state index in [0.717, 1.165) is 17.7 Å². The van der Waals surface area contributed by atoms with Crippen molar-refractivity contribution in [2.45, 2.75) is 6.42 Å². The van der Waals surface area contributed by atoms with Crippen molar-refractivity contribution < 1.29 is 9.13 Å². The van der Waals surface area contributed by atoms with Gasteiger partial charge in [-0.25, -0.2) is 4.39 Å². The van der Waals surface area contributed by atoms with Gasteiger partial charge in [-0.2, -0.15) is 0 Å². The average molecular weight is 243 g/mol. The quantitative estimate of drug-likeness (QED) is 0.648. The second-order valence-corrected chi connectivity index (χ2v) is 4.25. The molecule has 2 rings (SSSR count). The van der Waals surface area contributed by atoms with Gasteiger partial charge in [0, 0.05) is 18.2 Å². The molecule has 2 N–H and O–H groups in total. The van der Waals surface area contributed by atoms with Crippen LogP contribution in [0.1, 0.15) is 5.56 Å². The number of halogens is 1. The van der Waals surface area contributed by atoms with Gasteiger partial charge in [0.05, 0.1) is 6.61 Å². The highest BCUT2D eigenvalue weighted by molar-refractivity contribution is 6.32. The van der Waals surface area contributed by atoms with Crippen LogP contribution in [0.5, 0.6) is 5.75 Å². The zero-order valence-corrected chi connectivity index (χ0v) is 10.3. The Labute approximate surface area is 107 Å². The number of rotatable bonds is 4. The number of benzene rings is 2. The van der Waals surface area contributed by atoms with E-state index in [0.29, 0.717) is 17.8 Å². The van der Waals surface area contributed by atoms with E-state index in [1.54, 1.807) is 20.0 Å². The summed E-state index contributed by atoms with van der Waals surface area (Å²) in [5, 5.41) is 0. The fraction of sp³-hybridized carbons (Fsp3) is 0.143. The summed E-state index contributed by atoms with van der Waals surface area (Å²) in [6.07, 6.45) is 0.774. The second kappa shape index (κ2) is 5.58. The monoisotopic (exact) mass is 243 g/mol. The zero-order chi connectivity index (χ0) is 13.0. The fourth-order valence-corrected chi connectivity index (χ4v) is 1.63. The van der Waals surface area contributed by atoms with Gasteiger partial charge in [0.15, 0.2) is 0 Å². The topological polar surface area (TPSA) is 35.2 Å². The van der Waals surface area contributed by atoms with Crippen molar-refractivity contribution in [3.63, 3.8) is 0 Å². The van der Waals surface area contributed by atoms with Crippen molar-refractivity contribution in [3.8, 4) is 5.75 Å². The first kappa shape index (κ1) is 12.5. The number of nitrogens with two attached hydrogens (primary N) is 1. The van der Waals surface area contributed by atoms with Gasteiger partial charge in [-0.3, -0.25) is 0 Å². The Morgan fingerprint density at radius 3 is 2.50 bits per heavy atom. The van der Waals surface area contributed by atoms with Crippen LogP contribution >= 0.6 is 0 Å². The Morgan fingerprint density at radius 1 is 1.11 bits per heavy atom. The maximum Gasteiger partial charge on any atom is 0.143 e. The predicted octanol–water partition coefficient (Wildman–Crippen LogP) is 1.29. The molecule has 0 aliphatic carbocycles. The SMILES string of the molecule is Bc1ccc(OCCc2ccc(N)cc2)cc1F. The smallest absolute Gasteiger partial charge is 0.143 e. The fourth-order valence-electron chi connectivity index (χ4n) is 1.63. The molecule has 2 aromatic carbocycles. The zero-order valence-electron chi connectivity index (χ0n) is 10.3. The van der Waals surface area contributed by atoms with Gasteiger partial charge >= 0.3 is 0 Å². The van der Waals surface area contributed by atoms with Crippen LogP contribution in [-0.2, 0) is 6.42 Å². The molecule has 0 aliphatic heterocycles. The highest BCUT2D eigenvalue weighted by atomic mass is 19.1. The third kappa shape index (κ3) is 3.26. The maximum absolute atomic E-state index is 13.3. The molecular weight excluding hydrogens is 228 g/mol. The number of hydrogen-bond acceptors (Lipinski definition) is 2. The lowest BCUT2D eigenvalue weighted by Crippen LogP contribution is -2.09. The number of nitrogen functional groups attached to an aromatic ring is 1. The third-order valence-corrected chi connectivity index (χ3v) is 2.78. The van der Waals surface area contributed by atoms with Crippen LogP contribution in [0.3, 0.4) is 0 Å². The lowest BCUT2D eigenvalue weighted by molar-refractivity contribution is 0.320. The first-order chi connectivity index (χ1) is 8.65.